The standard InChI is InChI=1S/C3H9NO2/c1-2-6-3-4-5/h4-5H,2-3H2,1H3. The van der Waals surface area contributed by atoms with Gasteiger partial charge in [-0.3, -0.25) is 0 Å². The highest BCUT2D eigenvalue weighted by atomic mass is 16.6. The van der Waals surface area contributed by atoms with E-state index < -0.39 is 0 Å². The van der Waals surface area contributed by atoms with Gasteiger partial charge in [0.1, 0.15) is 6.73 Å². The second-order valence-corrected chi connectivity index (χ2v) is 0.795. The molecule has 0 heterocycles. The van der Waals surface area contributed by atoms with Gasteiger partial charge in [-0.2, -0.15) is 5.48 Å². The third kappa shape index (κ3) is 3.88. The highest BCUT2D eigenvalue weighted by molar-refractivity contribution is 4.06. The Balaban J connectivity index is 2.34. The van der Waals surface area contributed by atoms with Crippen LogP contribution < -0.4 is 5.48 Å². The lowest BCUT2D eigenvalue weighted by atomic mass is 10.9. The van der Waals surface area contributed by atoms with Gasteiger partial charge in [-0.15, -0.1) is 0 Å². The molecule has 0 unspecified atom stereocenters. The van der Waals surface area contributed by atoms with E-state index in [0.29, 0.717) is 6.61 Å². The molecule has 0 aromatic heterocycles. The summed E-state index contributed by atoms with van der Waals surface area (Å²) >= 11 is 0. The van der Waals surface area contributed by atoms with Crippen LogP contribution >= 0.6 is 0 Å². The highest BCUT2D eigenvalue weighted by Gasteiger charge is 1.71. The molecule has 0 fully saturated rings. The van der Waals surface area contributed by atoms with Gasteiger partial charge in [0, 0.05) is 6.61 Å². The first-order chi connectivity index (χ1) is 2.91. The smallest absolute Gasteiger partial charge is 0.119 e. The molecule has 0 bridgehead atoms. The Morgan fingerprint density at radius 1 is 1.83 bits per heavy atom. The van der Waals surface area contributed by atoms with Crippen molar-refractivity contribution in [3.8, 4) is 0 Å². The maximum Gasteiger partial charge on any atom is 0.119 e. The first kappa shape index (κ1) is 5.88. The maximum atomic E-state index is 7.82. The van der Waals surface area contributed by atoms with Gasteiger partial charge in [-0.1, -0.05) is 0 Å². The monoisotopic (exact) mass is 91.1 g/mol. The molecule has 38 valence electrons. The molecule has 0 aliphatic carbocycles. The number of hydroxylamine groups is 1. The van der Waals surface area contributed by atoms with Crippen molar-refractivity contribution >= 4 is 0 Å². The second-order valence-electron chi connectivity index (χ2n) is 0.795. The van der Waals surface area contributed by atoms with Crippen molar-refractivity contribution in [3.05, 3.63) is 0 Å². The van der Waals surface area contributed by atoms with Crippen molar-refractivity contribution in [1.29, 1.82) is 0 Å². The van der Waals surface area contributed by atoms with Crippen LogP contribution in [0.1, 0.15) is 6.92 Å². The summed E-state index contributed by atoms with van der Waals surface area (Å²) in [6.07, 6.45) is 0. The van der Waals surface area contributed by atoms with Crippen molar-refractivity contribution < 1.29 is 9.94 Å². The molecule has 0 saturated heterocycles. The molecule has 3 nitrogen and oxygen atoms in total. The fraction of sp³-hybridized carbons (Fsp3) is 1.00. The van der Waals surface area contributed by atoms with E-state index in [4.69, 9.17) is 5.21 Å². The summed E-state index contributed by atoms with van der Waals surface area (Å²) in [5.41, 5.74) is 1.85. The fourth-order valence-electron chi connectivity index (χ4n) is 0.148. The Morgan fingerprint density at radius 3 is 2.67 bits per heavy atom. The largest absolute Gasteiger partial charge is 0.364 e. The Hall–Kier alpha value is -0.120. The molecule has 0 aromatic carbocycles. The van der Waals surface area contributed by atoms with Crippen molar-refractivity contribution in [1.82, 2.24) is 5.48 Å². The van der Waals surface area contributed by atoms with Gasteiger partial charge >= 0.3 is 0 Å². The van der Waals surface area contributed by atoms with E-state index in [9.17, 15) is 0 Å². The molecule has 0 rings (SSSR count). The third-order valence-electron chi connectivity index (χ3n) is 0.371. The predicted octanol–water partition coefficient (Wildman–Crippen LogP) is -0.0408. The van der Waals surface area contributed by atoms with Crippen molar-refractivity contribution in [3.63, 3.8) is 0 Å². The van der Waals surface area contributed by atoms with Gasteiger partial charge in [0.15, 0.2) is 0 Å². The van der Waals surface area contributed by atoms with Gasteiger partial charge in [-0.25, -0.2) is 0 Å². The molecule has 0 radical (unpaired) electrons. The Kier molecular flexibility index (Phi) is 4.78. The molecule has 3 heteroatoms. The molecule has 0 aromatic rings. The number of hydrogen-bond acceptors (Lipinski definition) is 3. The van der Waals surface area contributed by atoms with Crippen LogP contribution in [0, 0.1) is 0 Å². The first-order valence-electron chi connectivity index (χ1n) is 1.86. The second kappa shape index (κ2) is 4.88. The lowest BCUT2D eigenvalue weighted by Gasteiger charge is -1.92. The lowest BCUT2D eigenvalue weighted by molar-refractivity contribution is 0.0288. The van der Waals surface area contributed by atoms with Crippen LogP contribution in [0.4, 0.5) is 0 Å². The minimum atomic E-state index is 0.219. The normalized spacial score (nSPS) is 9.00. The van der Waals surface area contributed by atoms with E-state index in [1.165, 1.54) is 0 Å². The van der Waals surface area contributed by atoms with Gasteiger partial charge in [0.2, 0.25) is 0 Å². The molecule has 0 atom stereocenters. The summed E-state index contributed by atoms with van der Waals surface area (Å²) in [5, 5.41) is 7.82. The molecule has 0 aliphatic rings. The van der Waals surface area contributed by atoms with Crippen LogP contribution in [0.2, 0.25) is 0 Å². The summed E-state index contributed by atoms with van der Waals surface area (Å²) < 4.78 is 4.62. The zero-order valence-electron chi connectivity index (χ0n) is 3.77. The van der Waals surface area contributed by atoms with Gasteiger partial charge in [-0.05, 0) is 6.92 Å². The van der Waals surface area contributed by atoms with Crippen LogP contribution in [0.3, 0.4) is 0 Å². The zero-order chi connectivity index (χ0) is 4.83. The highest BCUT2D eigenvalue weighted by Crippen LogP contribution is 1.61. The number of nitrogens with one attached hydrogen (secondary N) is 1. The van der Waals surface area contributed by atoms with Gasteiger partial charge in [0.25, 0.3) is 0 Å². The van der Waals surface area contributed by atoms with E-state index in [-0.39, 0.29) is 6.73 Å². The molecular formula is C3H9NO2. The van der Waals surface area contributed by atoms with E-state index in [1.54, 1.807) is 0 Å². The number of rotatable bonds is 3. The van der Waals surface area contributed by atoms with Crippen LogP contribution in [0.25, 0.3) is 0 Å². The van der Waals surface area contributed by atoms with E-state index in [2.05, 4.69) is 4.74 Å². The van der Waals surface area contributed by atoms with Crippen LogP contribution in [-0.2, 0) is 4.74 Å². The average Bonchev–Trinajstić information content (AvgIpc) is 1.61. The summed E-state index contributed by atoms with van der Waals surface area (Å²) in [7, 11) is 0. The average molecular weight is 91.1 g/mol. The Bertz CT molecular complexity index is 20.8. The molecule has 0 spiro atoms. The molecule has 0 aliphatic heterocycles. The Labute approximate surface area is 36.9 Å². The topological polar surface area (TPSA) is 41.5 Å². The summed E-state index contributed by atoms with van der Waals surface area (Å²) in [6, 6.07) is 0. The van der Waals surface area contributed by atoms with Crippen LogP contribution in [0.15, 0.2) is 0 Å². The first-order valence-corrected chi connectivity index (χ1v) is 1.86. The van der Waals surface area contributed by atoms with Crippen molar-refractivity contribution in [2.75, 3.05) is 13.3 Å². The van der Waals surface area contributed by atoms with Crippen LogP contribution in [-0.4, -0.2) is 18.5 Å². The number of ether oxygens (including phenoxy) is 1. The third-order valence-corrected chi connectivity index (χ3v) is 0.371. The minimum Gasteiger partial charge on any atom is -0.364 e. The SMILES string of the molecule is CCOCNO. The van der Waals surface area contributed by atoms with Crippen molar-refractivity contribution in [2.24, 2.45) is 0 Å². The Morgan fingerprint density at radius 2 is 2.50 bits per heavy atom. The molecule has 0 amide bonds. The lowest BCUT2D eigenvalue weighted by Crippen LogP contribution is -2.11. The van der Waals surface area contributed by atoms with E-state index in [0.717, 1.165) is 0 Å². The molecule has 2 N–H and O–H groups in total. The maximum absolute atomic E-state index is 7.82. The molecule has 6 heavy (non-hydrogen) atoms. The summed E-state index contributed by atoms with van der Waals surface area (Å²) in [4.78, 5) is 0. The van der Waals surface area contributed by atoms with Gasteiger partial charge < -0.3 is 9.94 Å². The molecule has 0 saturated carbocycles. The van der Waals surface area contributed by atoms with Gasteiger partial charge in [0.05, 0.1) is 0 Å². The van der Waals surface area contributed by atoms with E-state index >= 15 is 0 Å². The minimum absolute atomic E-state index is 0.219. The van der Waals surface area contributed by atoms with Crippen molar-refractivity contribution in [2.45, 2.75) is 6.92 Å². The number of hydrogen-bond donors (Lipinski definition) is 2. The van der Waals surface area contributed by atoms with Crippen LogP contribution in [0.5, 0.6) is 0 Å². The summed E-state index contributed by atoms with van der Waals surface area (Å²) in [5.74, 6) is 0. The predicted molar refractivity (Wildman–Crippen MR) is 21.4 cm³/mol. The fourth-order valence-corrected chi connectivity index (χ4v) is 0.148. The quantitative estimate of drug-likeness (QED) is 0.291. The molecular weight excluding hydrogens is 82.0 g/mol. The zero-order valence-corrected chi connectivity index (χ0v) is 3.77. The summed E-state index contributed by atoms with van der Waals surface area (Å²) in [6.45, 7) is 2.71. The van der Waals surface area contributed by atoms with E-state index in [1.807, 2.05) is 12.4 Å².